The molecule has 7 nitrogen and oxygen atoms in total. The average molecular weight is 369 g/mol. The van der Waals surface area contributed by atoms with E-state index in [-0.39, 0.29) is 23.8 Å². The van der Waals surface area contributed by atoms with Gasteiger partial charge < -0.3 is 10.1 Å². The number of amides is 1. The minimum Gasteiger partial charge on any atom is -0.381 e. The number of aromatic nitrogens is 4. The molecule has 0 saturated heterocycles. The highest BCUT2D eigenvalue weighted by Crippen LogP contribution is 2.28. The standard InChI is InChI=1S/C16H18F3N5O2/c1-26-11-4-2-10(3-5-11)22-13(25)12-6-7-21-15(23-12)24-9-8-20-14(24)16(17,18)19/h6-11H,2-5H2,1H3,(H,22,25). The largest absolute Gasteiger partial charge is 0.450 e. The lowest BCUT2D eigenvalue weighted by atomic mass is 9.93. The molecule has 2 aromatic heterocycles. The molecule has 0 radical (unpaired) electrons. The molecule has 3 rings (SSSR count). The van der Waals surface area contributed by atoms with E-state index in [1.807, 2.05) is 0 Å². The van der Waals surface area contributed by atoms with Crippen molar-refractivity contribution in [3.8, 4) is 5.95 Å². The molecule has 1 N–H and O–H groups in total. The third-order valence-electron chi connectivity index (χ3n) is 4.33. The van der Waals surface area contributed by atoms with E-state index >= 15 is 0 Å². The monoisotopic (exact) mass is 369 g/mol. The first-order valence-electron chi connectivity index (χ1n) is 8.16. The van der Waals surface area contributed by atoms with Gasteiger partial charge in [-0.05, 0) is 31.7 Å². The van der Waals surface area contributed by atoms with Gasteiger partial charge in [-0.25, -0.2) is 15.0 Å². The predicted molar refractivity (Wildman–Crippen MR) is 84.7 cm³/mol. The van der Waals surface area contributed by atoms with E-state index in [0.717, 1.165) is 38.1 Å². The van der Waals surface area contributed by atoms with Crippen LogP contribution in [0, 0.1) is 0 Å². The molecule has 1 amide bonds. The van der Waals surface area contributed by atoms with E-state index in [1.54, 1.807) is 7.11 Å². The second-order valence-electron chi connectivity index (χ2n) is 6.04. The third-order valence-corrected chi connectivity index (χ3v) is 4.33. The van der Waals surface area contributed by atoms with Crippen molar-refractivity contribution in [2.45, 2.75) is 44.0 Å². The van der Waals surface area contributed by atoms with Crippen LogP contribution < -0.4 is 5.32 Å². The molecule has 0 atom stereocenters. The summed E-state index contributed by atoms with van der Waals surface area (Å²) >= 11 is 0. The van der Waals surface area contributed by atoms with E-state index in [4.69, 9.17) is 4.74 Å². The number of carbonyl (C=O) groups excluding carboxylic acids is 1. The van der Waals surface area contributed by atoms with Crippen molar-refractivity contribution in [2.75, 3.05) is 7.11 Å². The van der Waals surface area contributed by atoms with Crippen LogP contribution in [-0.2, 0) is 10.9 Å². The van der Waals surface area contributed by atoms with E-state index in [0.29, 0.717) is 4.57 Å². The maximum Gasteiger partial charge on any atom is 0.450 e. The van der Waals surface area contributed by atoms with Crippen LogP contribution >= 0.6 is 0 Å². The third kappa shape index (κ3) is 4.01. The van der Waals surface area contributed by atoms with Gasteiger partial charge in [-0.2, -0.15) is 13.2 Å². The Morgan fingerprint density at radius 1 is 1.23 bits per heavy atom. The Hall–Kier alpha value is -2.49. The first-order valence-corrected chi connectivity index (χ1v) is 8.16. The fourth-order valence-corrected chi connectivity index (χ4v) is 2.97. The highest BCUT2D eigenvalue weighted by atomic mass is 19.4. The maximum atomic E-state index is 13.0. The van der Waals surface area contributed by atoms with Crippen molar-refractivity contribution < 1.29 is 22.7 Å². The van der Waals surface area contributed by atoms with Crippen molar-refractivity contribution in [3.63, 3.8) is 0 Å². The summed E-state index contributed by atoms with van der Waals surface area (Å²) in [6.07, 6.45) is 2.17. The van der Waals surface area contributed by atoms with Gasteiger partial charge in [0.15, 0.2) is 0 Å². The van der Waals surface area contributed by atoms with Crippen LogP contribution in [0.15, 0.2) is 24.7 Å². The normalized spacial score (nSPS) is 20.8. The number of hydrogen-bond acceptors (Lipinski definition) is 5. The zero-order valence-corrected chi connectivity index (χ0v) is 14.0. The molecule has 1 fully saturated rings. The number of alkyl halides is 3. The van der Waals surface area contributed by atoms with Crippen molar-refractivity contribution in [1.82, 2.24) is 24.8 Å². The number of carbonyl (C=O) groups is 1. The second kappa shape index (κ2) is 7.40. The second-order valence-corrected chi connectivity index (χ2v) is 6.04. The van der Waals surface area contributed by atoms with Crippen molar-refractivity contribution >= 4 is 5.91 Å². The fourth-order valence-electron chi connectivity index (χ4n) is 2.97. The van der Waals surface area contributed by atoms with Gasteiger partial charge in [0.2, 0.25) is 11.8 Å². The maximum absolute atomic E-state index is 13.0. The average Bonchev–Trinajstić information content (AvgIpc) is 3.13. The van der Waals surface area contributed by atoms with Gasteiger partial charge >= 0.3 is 6.18 Å². The molecular formula is C16H18F3N5O2. The first kappa shape index (κ1) is 18.3. The zero-order chi connectivity index (χ0) is 18.7. The highest BCUT2D eigenvalue weighted by Gasteiger charge is 2.37. The van der Waals surface area contributed by atoms with Gasteiger partial charge in [0.05, 0.1) is 6.10 Å². The van der Waals surface area contributed by atoms with E-state index in [2.05, 4.69) is 20.3 Å². The van der Waals surface area contributed by atoms with Crippen LogP contribution in [0.3, 0.4) is 0 Å². The lowest BCUT2D eigenvalue weighted by Gasteiger charge is -2.28. The van der Waals surface area contributed by atoms with Gasteiger partial charge in [0, 0.05) is 31.7 Å². The predicted octanol–water partition coefficient (Wildman–Crippen LogP) is 2.37. The molecule has 0 bridgehead atoms. The Labute approximate surface area is 147 Å². The zero-order valence-electron chi connectivity index (χ0n) is 14.0. The summed E-state index contributed by atoms with van der Waals surface area (Å²) in [5, 5.41) is 2.87. The Morgan fingerprint density at radius 3 is 2.62 bits per heavy atom. The molecule has 0 aromatic carbocycles. The minimum absolute atomic E-state index is 0.00527. The lowest BCUT2D eigenvalue weighted by molar-refractivity contribution is -0.146. The van der Waals surface area contributed by atoms with E-state index in [9.17, 15) is 18.0 Å². The molecule has 1 aliphatic rings. The Morgan fingerprint density at radius 2 is 1.96 bits per heavy atom. The van der Waals surface area contributed by atoms with Crippen molar-refractivity contribution in [2.24, 2.45) is 0 Å². The number of nitrogens with zero attached hydrogens (tertiary/aromatic N) is 4. The number of imidazole rings is 1. The van der Waals surface area contributed by atoms with E-state index < -0.39 is 17.9 Å². The molecule has 140 valence electrons. The number of rotatable bonds is 4. The Balaban J connectivity index is 1.74. The molecule has 0 spiro atoms. The number of halogens is 3. The topological polar surface area (TPSA) is 81.9 Å². The van der Waals surface area contributed by atoms with Gasteiger partial charge in [-0.3, -0.25) is 9.36 Å². The van der Waals surface area contributed by atoms with Gasteiger partial charge in [-0.1, -0.05) is 0 Å². The van der Waals surface area contributed by atoms with Crippen LogP contribution in [-0.4, -0.2) is 44.7 Å². The first-order chi connectivity index (χ1) is 12.4. The van der Waals surface area contributed by atoms with E-state index in [1.165, 1.54) is 12.3 Å². The van der Waals surface area contributed by atoms with Gasteiger partial charge in [0.25, 0.3) is 5.91 Å². The highest BCUT2D eigenvalue weighted by molar-refractivity contribution is 5.92. The fraction of sp³-hybridized carbons (Fsp3) is 0.500. The lowest BCUT2D eigenvalue weighted by Crippen LogP contribution is -2.39. The van der Waals surface area contributed by atoms with Crippen LogP contribution in [0.1, 0.15) is 42.0 Å². The quantitative estimate of drug-likeness (QED) is 0.895. The number of nitrogens with one attached hydrogen (secondary N) is 1. The van der Waals surface area contributed by atoms with Crippen LogP contribution in [0.5, 0.6) is 0 Å². The van der Waals surface area contributed by atoms with Crippen LogP contribution in [0.25, 0.3) is 5.95 Å². The SMILES string of the molecule is COC1CCC(NC(=O)c2ccnc(-n3ccnc3C(F)(F)F)n2)CC1. The molecule has 1 aliphatic carbocycles. The van der Waals surface area contributed by atoms with Crippen molar-refractivity contribution in [3.05, 3.63) is 36.2 Å². The van der Waals surface area contributed by atoms with Gasteiger partial charge in [0.1, 0.15) is 5.69 Å². The molecule has 0 aliphatic heterocycles. The molecule has 0 unspecified atom stereocenters. The smallest absolute Gasteiger partial charge is 0.381 e. The summed E-state index contributed by atoms with van der Waals surface area (Å²) in [4.78, 5) is 23.5. The molecule has 2 heterocycles. The molecule has 10 heteroatoms. The number of methoxy groups -OCH3 is 1. The van der Waals surface area contributed by atoms with Crippen molar-refractivity contribution in [1.29, 1.82) is 0 Å². The molecule has 1 saturated carbocycles. The molecule has 2 aromatic rings. The summed E-state index contributed by atoms with van der Waals surface area (Å²) in [6.45, 7) is 0. The van der Waals surface area contributed by atoms with Crippen LogP contribution in [0.2, 0.25) is 0 Å². The summed E-state index contributed by atoms with van der Waals surface area (Å²) in [6, 6.07) is 1.36. The Bertz CT molecular complexity index is 769. The minimum atomic E-state index is -4.65. The summed E-state index contributed by atoms with van der Waals surface area (Å²) < 4.78 is 44.9. The molecule has 26 heavy (non-hydrogen) atoms. The Kier molecular flexibility index (Phi) is 5.21. The number of hydrogen-bond donors (Lipinski definition) is 1. The number of ether oxygens (including phenoxy) is 1. The summed E-state index contributed by atoms with van der Waals surface area (Å²) in [7, 11) is 1.66. The van der Waals surface area contributed by atoms with Gasteiger partial charge in [-0.15, -0.1) is 0 Å². The molecular weight excluding hydrogens is 351 g/mol. The summed E-state index contributed by atoms with van der Waals surface area (Å²) in [5.41, 5.74) is 0.00527. The summed E-state index contributed by atoms with van der Waals surface area (Å²) in [5.74, 6) is -1.85. The van der Waals surface area contributed by atoms with Crippen LogP contribution in [0.4, 0.5) is 13.2 Å².